The predicted molar refractivity (Wildman–Crippen MR) is 180 cm³/mol. The van der Waals surface area contributed by atoms with E-state index in [9.17, 15) is 0 Å². The second-order valence-corrected chi connectivity index (χ2v) is 12.8. The first kappa shape index (κ1) is 33.0. The third-order valence-corrected chi connectivity index (χ3v) is 9.49. The van der Waals surface area contributed by atoms with E-state index in [1.807, 2.05) is 0 Å². The van der Waals surface area contributed by atoms with Gasteiger partial charge in [0, 0.05) is 17.9 Å². The molecule has 1 unspecified atom stereocenters. The first-order valence-corrected chi connectivity index (χ1v) is 16.9. The molecule has 1 N–H and O–H groups in total. The number of hydrogen-bond acceptors (Lipinski definition) is 2. The fraction of sp³-hybridized carbons (Fsp3) is 0.590. The smallest absolute Gasteiger partial charge is 0.0789 e. The minimum Gasteiger partial charge on any atom is -0.379 e. The molecule has 1 aliphatic carbocycles. The average Bonchev–Trinajstić information content (AvgIpc) is 2.98. The summed E-state index contributed by atoms with van der Waals surface area (Å²) in [5.41, 5.74) is 8.20. The van der Waals surface area contributed by atoms with Crippen molar-refractivity contribution in [3.05, 3.63) is 95.3 Å². The zero-order chi connectivity index (χ0) is 29.7. The molecule has 2 nitrogen and oxygen atoms in total. The van der Waals surface area contributed by atoms with Crippen molar-refractivity contribution in [3.8, 4) is 0 Å². The maximum atomic E-state index is 4.61. The molecule has 2 aliphatic rings. The van der Waals surface area contributed by atoms with Crippen molar-refractivity contribution in [2.24, 2.45) is 5.92 Å². The van der Waals surface area contributed by atoms with Crippen molar-refractivity contribution >= 4 is 0 Å². The van der Waals surface area contributed by atoms with E-state index in [1.165, 1.54) is 111 Å². The second kappa shape index (κ2) is 16.8. The predicted octanol–water partition coefficient (Wildman–Crippen LogP) is 10.5. The van der Waals surface area contributed by atoms with Gasteiger partial charge in [0.25, 0.3) is 0 Å². The average molecular weight is 557 g/mol. The Morgan fingerprint density at radius 2 is 1.34 bits per heavy atom. The van der Waals surface area contributed by atoms with Crippen LogP contribution in [0, 0.1) is 12.8 Å². The Balaban J connectivity index is 0.000000248. The number of nitrogens with zero attached hydrogens (tertiary/aromatic N) is 1. The lowest BCUT2D eigenvalue weighted by Gasteiger charge is -2.55. The van der Waals surface area contributed by atoms with Crippen LogP contribution in [0.1, 0.15) is 127 Å². The lowest BCUT2D eigenvalue weighted by atomic mass is 9.77. The summed E-state index contributed by atoms with van der Waals surface area (Å²) in [6.07, 6.45) is 17.7. The van der Waals surface area contributed by atoms with Crippen LogP contribution in [0.15, 0.2) is 73.1 Å². The third-order valence-electron chi connectivity index (χ3n) is 9.49. The molecular weight excluding hydrogens is 496 g/mol. The standard InChI is InChI=1S/C23H42N2.C16H18/c1-6-9-17-25-19(4)22(18-21-13-11-10-12-14-21)24-20(5)23(25,15-7-2)16-8-3;1-3-14-8-10-16(11-9-14)12-15-6-4-13(2)5-7-15/h21-22,24H,4-18H2,1-3H3;4-11H,3,12H2,1-2H3. The highest BCUT2D eigenvalue weighted by atomic mass is 15.3. The number of unbranched alkanes of at least 4 members (excludes halogenated alkanes) is 1. The third kappa shape index (κ3) is 9.25. The summed E-state index contributed by atoms with van der Waals surface area (Å²) in [6, 6.07) is 18.1. The van der Waals surface area contributed by atoms with E-state index in [0.29, 0.717) is 6.04 Å². The normalized spacial score (nSPS) is 19.0. The summed E-state index contributed by atoms with van der Waals surface area (Å²) in [6.45, 7) is 21.5. The number of piperazine rings is 1. The molecule has 1 saturated heterocycles. The molecule has 0 amide bonds. The van der Waals surface area contributed by atoms with Crippen molar-refractivity contribution in [3.63, 3.8) is 0 Å². The van der Waals surface area contributed by atoms with Gasteiger partial charge in [0.2, 0.25) is 0 Å². The highest BCUT2D eigenvalue weighted by Gasteiger charge is 2.44. The van der Waals surface area contributed by atoms with E-state index in [1.54, 1.807) is 0 Å². The van der Waals surface area contributed by atoms with Gasteiger partial charge in [-0.15, -0.1) is 0 Å². The lowest BCUT2D eigenvalue weighted by Crippen LogP contribution is -2.61. The van der Waals surface area contributed by atoms with Gasteiger partial charge in [-0.3, -0.25) is 0 Å². The van der Waals surface area contributed by atoms with Crippen LogP contribution in [0.3, 0.4) is 0 Å². The van der Waals surface area contributed by atoms with Crippen LogP contribution in [0.2, 0.25) is 0 Å². The number of nitrogens with one attached hydrogen (secondary N) is 1. The summed E-state index contributed by atoms with van der Waals surface area (Å²) in [4.78, 5) is 2.68. The van der Waals surface area contributed by atoms with Gasteiger partial charge in [0.15, 0.2) is 0 Å². The minimum absolute atomic E-state index is 0.0822. The van der Waals surface area contributed by atoms with Crippen molar-refractivity contribution in [2.45, 2.75) is 136 Å². The van der Waals surface area contributed by atoms with Gasteiger partial charge < -0.3 is 10.2 Å². The molecule has 2 aromatic rings. The topological polar surface area (TPSA) is 15.3 Å². The van der Waals surface area contributed by atoms with Crippen LogP contribution in [-0.4, -0.2) is 23.0 Å². The molecule has 1 aliphatic heterocycles. The Kier molecular flexibility index (Phi) is 13.6. The van der Waals surface area contributed by atoms with Gasteiger partial charge in [0.1, 0.15) is 0 Å². The molecule has 2 aromatic carbocycles. The molecule has 0 radical (unpaired) electrons. The summed E-state index contributed by atoms with van der Waals surface area (Å²) >= 11 is 0. The molecule has 0 aromatic heterocycles. The molecule has 1 saturated carbocycles. The van der Waals surface area contributed by atoms with Crippen molar-refractivity contribution in [1.29, 1.82) is 0 Å². The molecule has 0 bridgehead atoms. The van der Waals surface area contributed by atoms with Gasteiger partial charge in [-0.2, -0.15) is 0 Å². The Labute approximate surface area is 253 Å². The molecule has 4 rings (SSSR count). The van der Waals surface area contributed by atoms with E-state index in [4.69, 9.17) is 0 Å². The quantitative estimate of drug-likeness (QED) is 0.280. The first-order chi connectivity index (χ1) is 19.9. The number of aryl methyl sites for hydroxylation is 2. The lowest BCUT2D eigenvalue weighted by molar-refractivity contribution is 0.0893. The van der Waals surface area contributed by atoms with Crippen LogP contribution in [0.4, 0.5) is 0 Å². The van der Waals surface area contributed by atoms with E-state index >= 15 is 0 Å². The maximum absolute atomic E-state index is 4.61. The van der Waals surface area contributed by atoms with E-state index in [0.717, 1.165) is 25.3 Å². The Morgan fingerprint density at radius 3 is 1.88 bits per heavy atom. The number of hydrogen-bond donors (Lipinski definition) is 1. The van der Waals surface area contributed by atoms with Gasteiger partial charge in [-0.25, -0.2) is 0 Å². The summed E-state index contributed by atoms with van der Waals surface area (Å²) in [5.74, 6) is 0.869. The van der Waals surface area contributed by atoms with Gasteiger partial charge in [0.05, 0.1) is 11.6 Å². The van der Waals surface area contributed by atoms with E-state index in [2.05, 4.69) is 107 Å². The molecule has 1 atom stereocenters. The molecule has 1 heterocycles. The molecule has 0 spiro atoms. The first-order valence-electron chi connectivity index (χ1n) is 16.9. The molecular formula is C39H60N2. The molecule has 2 heteroatoms. The minimum atomic E-state index is 0.0822. The van der Waals surface area contributed by atoms with Gasteiger partial charge in [-0.05, 0) is 68.1 Å². The Morgan fingerprint density at radius 1 is 0.780 bits per heavy atom. The fourth-order valence-electron chi connectivity index (χ4n) is 7.04. The largest absolute Gasteiger partial charge is 0.379 e. The Bertz CT molecular complexity index is 1040. The van der Waals surface area contributed by atoms with Crippen LogP contribution in [0.5, 0.6) is 0 Å². The van der Waals surface area contributed by atoms with Crippen molar-refractivity contribution in [1.82, 2.24) is 10.2 Å². The van der Waals surface area contributed by atoms with E-state index < -0.39 is 0 Å². The van der Waals surface area contributed by atoms with Crippen LogP contribution in [0.25, 0.3) is 0 Å². The molecule has 2 fully saturated rings. The van der Waals surface area contributed by atoms with E-state index in [-0.39, 0.29) is 5.54 Å². The van der Waals surface area contributed by atoms with Crippen LogP contribution < -0.4 is 5.32 Å². The fourth-order valence-corrected chi connectivity index (χ4v) is 7.04. The zero-order valence-corrected chi connectivity index (χ0v) is 27.2. The van der Waals surface area contributed by atoms with Gasteiger partial charge in [-0.1, -0.05) is 146 Å². The van der Waals surface area contributed by atoms with Crippen molar-refractivity contribution in [2.75, 3.05) is 6.54 Å². The number of rotatable bonds is 12. The SMILES string of the molecule is C=C1C(CC2CCCCC2)NC(=C)C(CCC)(CCC)N1CCCC.CCc1ccc(Cc2ccc(C)cc2)cc1. The van der Waals surface area contributed by atoms with Crippen LogP contribution >= 0.6 is 0 Å². The monoisotopic (exact) mass is 556 g/mol. The molecule has 226 valence electrons. The Hall–Kier alpha value is -2.48. The summed E-state index contributed by atoms with van der Waals surface area (Å²) in [7, 11) is 0. The van der Waals surface area contributed by atoms with Crippen LogP contribution in [-0.2, 0) is 12.8 Å². The molecule has 41 heavy (non-hydrogen) atoms. The van der Waals surface area contributed by atoms with Gasteiger partial charge >= 0.3 is 0 Å². The highest BCUT2D eigenvalue weighted by Crippen LogP contribution is 2.42. The maximum Gasteiger partial charge on any atom is 0.0789 e. The second-order valence-electron chi connectivity index (χ2n) is 12.8. The highest BCUT2D eigenvalue weighted by molar-refractivity contribution is 5.31. The van der Waals surface area contributed by atoms with Crippen molar-refractivity contribution < 1.29 is 0 Å². The summed E-state index contributed by atoms with van der Waals surface area (Å²) < 4.78 is 0. The zero-order valence-electron chi connectivity index (χ0n) is 27.2. The summed E-state index contributed by atoms with van der Waals surface area (Å²) in [5, 5.41) is 3.84. The number of benzene rings is 2.